The maximum atomic E-state index is 5.59. The van der Waals surface area contributed by atoms with E-state index in [0.29, 0.717) is 6.61 Å². The predicted octanol–water partition coefficient (Wildman–Crippen LogP) is 5.00. The van der Waals surface area contributed by atoms with E-state index < -0.39 is 0 Å². The Labute approximate surface area is 155 Å². The number of ether oxygens (including phenoxy) is 2. The van der Waals surface area contributed by atoms with Gasteiger partial charge in [0.2, 0.25) is 0 Å². The highest BCUT2D eigenvalue weighted by Gasteiger charge is 2.24. The fraction of sp³-hybridized carbons (Fsp3) is 0.350. The van der Waals surface area contributed by atoms with Crippen LogP contribution in [-0.4, -0.2) is 30.4 Å². The standard InChI is InChI=1S/C20H21BrN2O2/c1-24-12-11-23-19-17(25-2)10-9-16(21)18(19)22-20(23)15-7-5-14(6-8-15)13-3-4-13/h5-10,13H,3-4,11-12H2,1-2H3. The topological polar surface area (TPSA) is 36.3 Å². The van der Waals surface area contributed by atoms with Crippen LogP contribution in [0.25, 0.3) is 22.4 Å². The zero-order valence-corrected chi connectivity index (χ0v) is 16.0. The SMILES string of the molecule is COCCn1c(-c2ccc(C3CC3)cc2)nc2c(Br)ccc(OC)c21. The summed E-state index contributed by atoms with van der Waals surface area (Å²) >= 11 is 3.62. The van der Waals surface area contributed by atoms with E-state index >= 15 is 0 Å². The maximum absolute atomic E-state index is 5.59. The second-order valence-corrected chi connectivity index (χ2v) is 7.28. The molecule has 25 heavy (non-hydrogen) atoms. The van der Waals surface area contributed by atoms with Crippen LogP contribution in [-0.2, 0) is 11.3 Å². The lowest BCUT2D eigenvalue weighted by atomic mass is 10.1. The number of hydrogen-bond acceptors (Lipinski definition) is 3. The number of hydrogen-bond donors (Lipinski definition) is 0. The Bertz CT molecular complexity index is 898. The summed E-state index contributed by atoms with van der Waals surface area (Å²) < 4.78 is 14.1. The Kier molecular flexibility index (Phi) is 4.52. The van der Waals surface area contributed by atoms with Crippen LogP contribution in [0.3, 0.4) is 0 Å². The van der Waals surface area contributed by atoms with Gasteiger partial charge in [0.15, 0.2) is 0 Å². The molecule has 4 rings (SSSR count). The van der Waals surface area contributed by atoms with Gasteiger partial charge in [-0.15, -0.1) is 0 Å². The Balaban J connectivity index is 1.87. The molecule has 130 valence electrons. The number of halogens is 1. The van der Waals surface area contributed by atoms with Gasteiger partial charge in [0.25, 0.3) is 0 Å². The van der Waals surface area contributed by atoms with E-state index in [-0.39, 0.29) is 0 Å². The summed E-state index contributed by atoms with van der Waals surface area (Å²) in [6, 6.07) is 12.8. The number of imidazole rings is 1. The van der Waals surface area contributed by atoms with Gasteiger partial charge in [0.05, 0.1) is 13.7 Å². The second-order valence-electron chi connectivity index (χ2n) is 6.42. The van der Waals surface area contributed by atoms with Gasteiger partial charge < -0.3 is 14.0 Å². The molecule has 1 saturated carbocycles. The van der Waals surface area contributed by atoms with Gasteiger partial charge in [0.1, 0.15) is 22.6 Å². The smallest absolute Gasteiger partial charge is 0.144 e. The minimum absolute atomic E-state index is 0.619. The molecule has 1 aliphatic rings. The predicted molar refractivity (Wildman–Crippen MR) is 103 cm³/mol. The van der Waals surface area contributed by atoms with Gasteiger partial charge in [-0.3, -0.25) is 0 Å². The van der Waals surface area contributed by atoms with Crippen molar-refractivity contribution in [3.8, 4) is 17.1 Å². The Morgan fingerprint density at radius 2 is 1.88 bits per heavy atom. The van der Waals surface area contributed by atoms with Crippen LogP contribution >= 0.6 is 15.9 Å². The number of benzene rings is 2. The fourth-order valence-electron chi connectivity index (χ4n) is 3.28. The van der Waals surface area contributed by atoms with Crippen molar-refractivity contribution in [1.82, 2.24) is 9.55 Å². The molecule has 1 heterocycles. The fourth-order valence-corrected chi connectivity index (χ4v) is 3.69. The molecule has 0 unspecified atom stereocenters. The summed E-state index contributed by atoms with van der Waals surface area (Å²) in [4.78, 5) is 4.91. The van der Waals surface area contributed by atoms with Crippen LogP contribution in [0.4, 0.5) is 0 Å². The van der Waals surface area contributed by atoms with E-state index in [9.17, 15) is 0 Å². The van der Waals surface area contributed by atoms with Crippen LogP contribution < -0.4 is 4.74 Å². The minimum Gasteiger partial charge on any atom is -0.494 e. The molecule has 0 N–H and O–H groups in total. The summed E-state index contributed by atoms with van der Waals surface area (Å²) in [6.45, 7) is 1.34. The number of methoxy groups -OCH3 is 2. The number of rotatable bonds is 6. The normalized spacial score (nSPS) is 14.2. The third kappa shape index (κ3) is 3.07. The van der Waals surface area contributed by atoms with Crippen molar-refractivity contribution in [3.05, 3.63) is 46.4 Å². The van der Waals surface area contributed by atoms with Crippen molar-refractivity contribution in [2.75, 3.05) is 20.8 Å². The molecule has 5 heteroatoms. The third-order valence-electron chi connectivity index (χ3n) is 4.76. The van der Waals surface area contributed by atoms with Crippen molar-refractivity contribution in [3.63, 3.8) is 0 Å². The monoisotopic (exact) mass is 400 g/mol. The van der Waals surface area contributed by atoms with Crippen molar-refractivity contribution < 1.29 is 9.47 Å². The van der Waals surface area contributed by atoms with Crippen molar-refractivity contribution >= 4 is 27.0 Å². The van der Waals surface area contributed by atoms with Crippen LogP contribution in [0, 0.1) is 0 Å². The summed E-state index contributed by atoms with van der Waals surface area (Å²) in [5.74, 6) is 2.53. The summed E-state index contributed by atoms with van der Waals surface area (Å²) in [7, 11) is 3.41. The molecule has 0 bridgehead atoms. The Hall–Kier alpha value is -1.85. The summed E-state index contributed by atoms with van der Waals surface area (Å²) in [5, 5.41) is 0. The molecule has 1 aromatic heterocycles. The molecule has 0 spiro atoms. The molecule has 0 aliphatic heterocycles. The lowest BCUT2D eigenvalue weighted by Gasteiger charge is -2.11. The van der Waals surface area contributed by atoms with Gasteiger partial charge >= 0.3 is 0 Å². The van der Waals surface area contributed by atoms with Crippen molar-refractivity contribution in [2.24, 2.45) is 0 Å². The average molecular weight is 401 g/mol. The summed E-state index contributed by atoms with van der Waals surface area (Å²) in [6.07, 6.45) is 2.63. The average Bonchev–Trinajstić information content (AvgIpc) is 3.42. The lowest BCUT2D eigenvalue weighted by Crippen LogP contribution is -2.06. The quantitative estimate of drug-likeness (QED) is 0.583. The van der Waals surface area contributed by atoms with E-state index in [1.807, 2.05) is 12.1 Å². The molecular weight excluding hydrogens is 380 g/mol. The first kappa shape index (κ1) is 16.6. The minimum atomic E-state index is 0.619. The van der Waals surface area contributed by atoms with Crippen molar-refractivity contribution in [2.45, 2.75) is 25.3 Å². The summed E-state index contributed by atoms with van der Waals surface area (Å²) in [5.41, 5.74) is 4.46. The highest BCUT2D eigenvalue weighted by atomic mass is 79.9. The van der Waals surface area contributed by atoms with Crippen LogP contribution in [0.1, 0.15) is 24.3 Å². The first-order chi connectivity index (χ1) is 12.2. The number of aromatic nitrogens is 2. The van der Waals surface area contributed by atoms with Gasteiger partial charge in [-0.05, 0) is 52.4 Å². The van der Waals surface area contributed by atoms with Crippen molar-refractivity contribution in [1.29, 1.82) is 0 Å². The molecule has 1 aliphatic carbocycles. The molecule has 0 saturated heterocycles. The van der Waals surface area contributed by atoms with Crippen LogP contribution in [0.2, 0.25) is 0 Å². The molecule has 1 fully saturated rings. The first-order valence-corrected chi connectivity index (χ1v) is 9.34. The molecule has 2 aromatic carbocycles. The maximum Gasteiger partial charge on any atom is 0.144 e. The zero-order valence-electron chi connectivity index (χ0n) is 14.5. The van der Waals surface area contributed by atoms with Crippen LogP contribution in [0.15, 0.2) is 40.9 Å². The molecule has 4 nitrogen and oxygen atoms in total. The molecule has 0 amide bonds. The van der Waals surface area contributed by atoms with Gasteiger partial charge in [-0.25, -0.2) is 4.98 Å². The lowest BCUT2D eigenvalue weighted by molar-refractivity contribution is 0.188. The van der Waals surface area contributed by atoms with E-state index in [2.05, 4.69) is 44.8 Å². The van der Waals surface area contributed by atoms with Gasteiger partial charge in [-0.1, -0.05) is 24.3 Å². The van der Waals surface area contributed by atoms with E-state index in [1.165, 1.54) is 18.4 Å². The van der Waals surface area contributed by atoms with Gasteiger partial charge in [-0.2, -0.15) is 0 Å². The van der Waals surface area contributed by atoms with E-state index in [0.717, 1.165) is 45.1 Å². The van der Waals surface area contributed by atoms with E-state index in [4.69, 9.17) is 14.5 Å². The third-order valence-corrected chi connectivity index (χ3v) is 5.40. The number of fused-ring (bicyclic) bond motifs is 1. The zero-order chi connectivity index (χ0) is 17.4. The first-order valence-electron chi connectivity index (χ1n) is 8.55. The van der Waals surface area contributed by atoms with Gasteiger partial charge in [0, 0.05) is 23.7 Å². The molecule has 0 atom stereocenters. The van der Waals surface area contributed by atoms with Crippen LogP contribution in [0.5, 0.6) is 5.75 Å². The molecule has 3 aromatic rings. The molecule has 0 radical (unpaired) electrons. The second kappa shape index (κ2) is 6.81. The number of nitrogens with zero attached hydrogens (tertiary/aromatic N) is 2. The highest BCUT2D eigenvalue weighted by molar-refractivity contribution is 9.10. The largest absolute Gasteiger partial charge is 0.494 e. The molecular formula is C20H21BrN2O2. The Morgan fingerprint density at radius 3 is 2.52 bits per heavy atom. The highest BCUT2D eigenvalue weighted by Crippen LogP contribution is 2.41. The van der Waals surface area contributed by atoms with E-state index in [1.54, 1.807) is 14.2 Å². The Morgan fingerprint density at radius 1 is 1.12 bits per heavy atom.